The molecule has 85 heavy (non-hydrogen) atoms. The molecule has 0 rings (SSSR count). The number of esters is 4. The smallest absolute Gasteiger partial charge is 0.462 e. The van der Waals surface area contributed by atoms with E-state index in [9.17, 15) is 43.2 Å². The van der Waals surface area contributed by atoms with Gasteiger partial charge in [0.15, 0.2) is 12.2 Å². The summed E-state index contributed by atoms with van der Waals surface area (Å²) in [5.41, 5.74) is 0. The molecule has 0 saturated heterocycles. The van der Waals surface area contributed by atoms with Crippen LogP contribution in [0.15, 0.2) is 0 Å². The van der Waals surface area contributed by atoms with Gasteiger partial charge in [-0.15, -0.1) is 0 Å². The SMILES string of the molecule is CCCCCCCCCCCCCCC(=O)OC[C@H](COP(=O)(O)OC[C@@H](O)COP(=O)(O)OC[C@@H](COC(=O)CCCCCCCCCCCC)OC(=O)CCCCCCCCCCCC)OC(=O)CCCCCCCCCCCCC(C)C. The average molecular weight is 1260 g/mol. The molecule has 2 unspecified atom stereocenters. The fraction of sp³-hybridized carbons (Fsp3) is 0.939. The van der Waals surface area contributed by atoms with Gasteiger partial charge in [0.2, 0.25) is 0 Å². The maximum Gasteiger partial charge on any atom is 0.472 e. The molecule has 5 atom stereocenters. The normalized spacial score (nSPS) is 14.2. The van der Waals surface area contributed by atoms with Gasteiger partial charge in [-0.1, -0.05) is 285 Å². The number of phosphoric acid groups is 2. The lowest BCUT2D eigenvalue weighted by Gasteiger charge is -2.21. The summed E-state index contributed by atoms with van der Waals surface area (Å²) >= 11 is 0. The molecule has 0 heterocycles. The summed E-state index contributed by atoms with van der Waals surface area (Å²) in [6, 6.07) is 0. The number of phosphoric ester groups is 2. The number of aliphatic hydroxyl groups is 1. The second kappa shape index (κ2) is 59.7. The van der Waals surface area contributed by atoms with E-state index in [0.717, 1.165) is 95.8 Å². The van der Waals surface area contributed by atoms with Gasteiger partial charge >= 0.3 is 39.5 Å². The Hall–Kier alpha value is -1.94. The highest BCUT2D eigenvalue weighted by molar-refractivity contribution is 7.47. The van der Waals surface area contributed by atoms with Crippen LogP contribution in [0.1, 0.15) is 336 Å². The molecule has 0 aliphatic rings. The largest absolute Gasteiger partial charge is 0.472 e. The monoisotopic (exact) mass is 1250 g/mol. The Morgan fingerprint density at radius 3 is 0.800 bits per heavy atom. The number of unbranched alkanes of at least 4 members (excludes halogenated alkanes) is 38. The van der Waals surface area contributed by atoms with Crippen molar-refractivity contribution >= 4 is 39.5 Å². The Labute approximate surface area is 517 Å². The molecule has 0 aliphatic heterocycles. The fourth-order valence-electron chi connectivity index (χ4n) is 9.94. The Bertz CT molecular complexity index is 1650. The number of ether oxygens (including phenoxy) is 4. The Kier molecular flexibility index (Phi) is 58.3. The molecule has 3 N–H and O–H groups in total. The lowest BCUT2D eigenvalue weighted by Crippen LogP contribution is -2.30. The average Bonchev–Trinajstić information content (AvgIpc) is 3.52. The summed E-state index contributed by atoms with van der Waals surface area (Å²) in [6.07, 6.45) is 44.3. The lowest BCUT2D eigenvalue weighted by atomic mass is 10.0. The number of carbonyl (C=O) groups is 4. The number of carbonyl (C=O) groups excluding carboxylic acids is 4. The molecular weight excluding hydrogens is 1130 g/mol. The zero-order valence-electron chi connectivity index (χ0n) is 54.7. The van der Waals surface area contributed by atoms with Crippen molar-refractivity contribution in [1.82, 2.24) is 0 Å². The summed E-state index contributed by atoms with van der Waals surface area (Å²) < 4.78 is 68.1. The van der Waals surface area contributed by atoms with E-state index >= 15 is 0 Å². The van der Waals surface area contributed by atoms with Gasteiger partial charge in [-0.25, -0.2) is 9.13 Å². The molecule has 0 fully saturated rings. The zero-order chi connectivity index (χ0) is 62.8. The minimum atomic E-state index is -4.95. The molecule has 0 radical (unpaired) electrons. The second-order valence-electron chi connectivity index (χ2n) is 24.3. The van der Waals surface area contributed by atoms with Crippen LogP contribution in [0.2, 0.25) is 0 Å². The van der Waals surface area contributed by atoms with Crippen LogP contribution in [0.25, 0.3) is 0 Å². The molecule has 0 spiro atoms. The van der Waals surface area contributed by atoms with E-state index in [1.165, 1.54) is 161 Å². The zero-order valence-corrected chi connectivity index (χ0v) is 56.5. The summed E-state index contributed by atoms with van der Waals surface area (Å²) in [4.78, 5) is 72.3. The quantitative estimate of drug-likeness (QED) is 0.0222. The van der Waals surface area contributed by atoms with Crippen molar-refractivity contribution in [3.63, 3.8) is 0 Å². The second-order valence-corrected chi connectivity index (χ2v) is 27.2. The first-order chi connectivity index (χ1) is 41.0. The molecule has 0 aromatic carbocycles. The van der Waals surface area contributed by atoms with Gasteiger partial charge < -0.3 is 33.8 Å². The van der Waals surface area contributed by atoms with Crippen molar-refractivity contribution in [2.75, 3.05) is 39.6 Å². The number of aliphatic hydroxyl groups excluding tert-OH is 1. The third kappa shape index (κ3) is 60.7. The van der Waals surface area contributed by atoms with Crippen LogP contribution in [-0.4, -0.2) is 96.7 Å². The molecule has 0 bridgehead atoms. The maximum atomic E-state index is 13.0. The van der Waals surface area contributed by atoms with Gasteiger partial charge in [-0.3, -0.25) is 37.3 Å². The number of rotatable bonds is 66. The Morgan fingerprint density at radius 1 is 0.318 bits per heavy atom. The highest BCUT2D eigenvalue weighted by Gasteiger charge is 2.30. The number of hydrogen-bond acceptors (Lipinski definition) is 15. The highest BCUT2D eigenvalue weighted by atomic mass is 31.2. The van der Waals surface area contributed by atoms with Crippen LogP contribution in [0.5, 0.6) is 0 Å². The molecule has 0 saturated carbocycles. The minimum Gasteiger partial charge on any atom is -0.462 e. The van der Waals surface area contributed by atoms with Gasteiger partial charge in [-0.05, 0) is 31.6 Å². The Morgan fingerprint density at radius 2 is 0.541 bits per heavy atom. The maximum absolute atomic E-state index is 13.0. The van der Waals surface area contributed by atoms with E-state index in [1.54, 1.807) is 0 Å². The lowest BCUT2D eigenvalue weighted by molar-refractivity contribution is -0.161. The van der Waals surface area contributed by atoms with Crippen molar-refractivity contribution in [3.05, 3.63) is 0 Å². The van der Waals surface area contributed by atoms with E-state index in [4.69, 9.17) is 37.0 Å². The van der Waals surface area contributed by atoms with Gasteiger partial charge in [0.05, 0.1) is 26.4 Å². The molecule has 0 aromatic heterocycles. The fourth-order valence-corrected chi connectivity index (χ4v) is 11.5. The molecule has 504 valence electrons. The third-order valence-corrected chi connectivity index (χ3v) is 17.2. The van der Waals surface area contributed by atoms with Gasteiger partial charge in [-0.2, -0.15) is 0 Å². The molecular formula is C66H128O17P2. The first kappa shape index (κ1) is 83.1. The summed E-state index contributed by atoms with van der Waals surface area (Å²) in [7, 11) is -9.89. The van der Waals surface area contributed by atoms with Crippen LogP contribution in [0, 0.1) is 5.92 Å². The summed E-state index contributed by atoms with van der Waals surface area (Å²) in [5, 5.41) is 10.5. The summed E-state index contributed by atoms with van der Waals surface area (Å²) in [6.45, 7) is 7.19. The van der Waals surface area contributed by atoms with Crippen molar-refractivity contribution in [2.45, 2.75) is 355 Å². The number of hydrogen-bond donors (Lipinski definition) is 3. The van der Waals surface area contributed by atoms with E-state index < -0.39 is 97.5 Å². The van der Waals surface area contributed by atoms with Crippen molar-refractivity contribution in [2.24, 2.45) is 5.92 Å². The predicted molar refractivity (Wildman–Crippen MR) is 340 cm³/mol. The van der Waals surface area contributed by atoms with Crippen LogP contribution in [-0.2, 0) is 65.4 Å². The summed E-state index contributed by atoms with van der Waals surface area (Å²) in [5.74, 6) is -1.38. The van der Waals surface area contributed by atoms with Crippen LogP contribution < -0.4 is 0 Å². The first-order valence-electron chi connectivity index (χ1n) is 34.6. The van der Waals surface area contributed by atoms with Crippen LogP contribution in [0.3, 0.4) is 0 Å². The molecule has 17 nitrogen and oxygen atoms in total. The van der Waals surface area contributed by atoms with E-state index in [1.807, 2.05) is 0 Å². The molecule has 0 aromatic rings. The molecule has 0 amide bonds. The standard InChI is InChI=1S/C66H128O17P2/c1-6-9-12-15-18-21-24-25-31-35-40-45-50-64(69)77-56-62(83-66(71)52-47-42-37-32-27-26-28-33-38-43-48-59(4)5)58-81-85(74,75)79-54-60(67)53-78-84(72,73)80-57-61(82-65(70)51-46-41-36-30-23-20-17-14-11-8-3)55-76-63(68)49-44-39-34-29-22-19-16-13-10-7-2/h59-62,67H,6-58H2,1-5H3,(H,72,73)(H,74,75)/t60-,61+,62+/m0/s1. The molecule has 19 heteroatoms. The Balaban J connectivity index is 5.24. The van der Waals surface area contributed by atoms with Gasteiger partial charge in [0.25, 0.3) is 0 Å². The minimum absolute atomic E-state index is 0.106. The highest BCUT2D eigenvalue weighted by Crippen LogP contribution is 2.45. The molecule has 0 aliphatic carbocycles. The van der Waals surface area contributed by atoms with Gasteiger partial charge in [0.1, 0.15) is 19.3 Å². The van der Waals surface area contributed by atoms with E-state index in [2.05, 4.69) is 34.6 Å². The van der Waals surface area contributed by atoms with Crippen LogP contribution in [0.4, 0.5) is 0 Å². The predicted octanol–water partition coefficient (Wildman–Crippen LogP) is 18.6. The third-order valence-electron chi connectivity index (χ3n) is 15.3. The van der Waals surface area contributed by atoms with Gasteiger partial charge in [0, 0.05) is 25.7 Å². The first-order valence-corrected chi connectivity index (χ1v) is 37.6. The van der Waals surface area contributed by atoms with Crippen molar-refractivity contribution < 1.29 is 80.2 Å². The topological polar surface area (TPSA) is 237 Å². The van der Waals surface area contributed by atoms with E-state index in [0.29, 0.717) is 25.7 Å². The van der Waals surface area contributed by atoms with Crippen molar-refractivity contribution in [1.29, 1.82) is 0 Å². The van der Waals surface area contributed by atoms with Crippen LogP contribution >= 0.6 is 15.6 Å². The van der Waals surface area contributed by atoms with Crippen molar-refractivity contribution in [3.8, 4) is 0 Å². The van der Waals surface area contributed by atoms with E-state index in [-0.39, 0.29) is 25.7 Å².